The van der Waals surface area contributed by atoms with Gasteiger partial charge in [-0.25, -0.2) is 0 Å². The number of carbonyl (C=O) groups is 3. The van der Waals surface area contributed by atoms with Crippen molar-refractivity contribution in [3.8, 4) is 0 Å². The predicted molar refractivity (Wildman–Crippen MR) is 270 cm³/mol. The molecule has 0 spiro atoms. The van der Waals surface area contributed by atoms with Gasteiger partial charge in [0.1, 0.15) is 13.2 Å². The molecule has 0 aliphatic carbocycles. The first kappa shape index (κ1) is 59.1. The zero-order valence-electron chi connectivity index (χ0n) is 40.5. The van der Waals surface area contributed by atoms with Crippen LogP contribution in [-0.4, -0.2) is 37.2 Å². The molecule has 0 radical (unpaired) electrons. The van der Waals surface area contributed by atoms with Crippen molar-refractivity contribution < 1.29 is 28.6 Å². The molecule has 0 aromatic rings. The van der Waals surface area contributed by atoms with Crippen LogP contribution in [0.15, 0.2) is 109 Å². The molecule has 0 aromatic heterocycles. The van der Waals surface area contributed by atoms with Crippen LogP contribution in [0.4, 0.5) is 0 Å². The highest BCUT2D eigenvalue weighted by Gasteiger charge is 2.19. The molecule has 6 nitrogen and oxygen atoms in total. The van der Waals surface area contributed by atoms with E-state index >= 15 is 0 Å². The van der Waals surface area contributed by atoms with Crippen LogP contribution in [0.1, 0.15) is 213 Å². The number of allylic oxidation sites excluding steroid dienone is 18. The Morgan fingerprint density at radius 3 is 1.16 bits per heavy atom. The van der Waals surface area contributed by atoms with E-state index in [9.17, 15) is 14.4 Å². The Morgan fingerprint density at radius 1 is 0.349 bits per heavy atom. The number of carbonyl (C=O) groups excluding carboxylic acids is 3. The second-order valence-corrected chi connectivity index (χ2v) is 16.4. The SMILES string of the molecule is CC/C=C\C/C=C\C/C=C\C/C=C\C/C=C\CCC(=O)OC(COC(=O)CCCCC/C=C\C=C/CCCC)COC(=O)CCCCCCC/C=C\C=C/CCCCCCCCC. The first-order valence-corrected chi connectivity index (χ1v) is 25.4. The van der Waals surface area contributed by atoms with E-state index in [0.717, 1.165) is 103 Å². The van der Waals surface area contributed by atoms with E-state index in [4.69, 9.17) is 14.2 Å². The molecule has 0 aromatic carbocycles. The Labute approximate surface area is 387 Å². The fourth-order valence-corrected chi connectivity index (χ4v) is 6.46. The lowest BCUT2D eigenvalue weighted by atomic mass is 10.1. The number of rotatable bonds is 44. The van der Waals surface area contributed by atoms with Crippen LogP contribution in [-0.2, 0) is 28.6 Å². The summed E-state index contributed by atoms with van der Waals surface area (Å²) in [5.74, 6) is -1.06. The summed E-state index contributed by atoms with van der Waals surface area (Å²) in [6.07, 6.45) is 68.0. The van der Waals surface area contributed by atoms with Gasteiger partial charge < -0.3 is 14.2 Å². The Hall–Kier alpha value is -3.93. The van der Waals surface area contributed by atoms with Gasteiger partial charge in [0.2, 0.25) is 0 Å². The van der Waals surface area contributed by atoms with Crippen molar-refractivity contribution in [2.24, 2.45) is 0 Å². The summed E-state index contributed by atoms with van der Waals surface area (Å²) < 4.78 is 16.7. The van der Waals surface area contributed by atoms with E-state index < -0.39 is 12.1 Å². The molecule has 0 saturated carbocycles. The molecule has 0 rings (SSSR count). The van der Waals surface area contributed by atoms with Gasteiger partial charge in [-0.1, -0.05) is 207 Å². The molecule has 1 atom stereocenters. The van der Waals surface area contributed by atoms with Crippen LogP contribution in [0.2, 0.25) is 0 Å². The molecule has 0 amide bonds. The van der Waals surface area contributed by atoms with Gasteiger partial charge in [0.15, 0.2) is 6.10 Å². The fraction of sp³-hybridized carbons (Fsp3) is 0.632. The molecule has 0 fully saturated rings. The summed E-state index contributed by atoms with van der Waals surface area (Å²) >= 11 is 0. The van der Waals surface area contributed by atoms with Crippen molar-refractivity contribution >= 4 is 17.9 Å². The maximum Gasteiger partial charge on any atom is 0.306 e. The van der Waals surface area contributed by atoms with Crippen molar-refractivity contribution in [3.05, 3.63) is 109 Å². The summed E-state index contributed by atoms with van der Waals surface area (Å²) in [6, 6.07) is 0. The lowest BCUT2D eigenvalue weighted by Crippen LogP contribution is -2.30. The van der Waals surface area contributed by atoms with Gasteiger partial charge in [0.05, 0.1) is 0 Å². The zero-order chi connectivity index (χ0) is 45.8. The number of hydrogen-bond acceptors (Lipinski definition) is 6. The molecular formula is C57H92O6. The molecular weight excluding hydrogens is 781 g/mol. The molecule has 63 heavy (non-hydrogen) atoms. The molecule has 0 aliphatic rings. The van der Waals surface area contributed by atoms with Crippen molar-refractivity contribution in [1.29, 1.82) is 0 Å². The topological polar surface area (TPSA) is 78.9 Å². The van der Waals surface area contributed by atoms with Gasteiger partial charge in [-0.2, -0.15) is 0 Å². The van der Waals surface area contributed by atoms with Gasteiger partial charge in [0, 0.05) is 19.3 Å². The number of hydrogen-bond donors (Lipinski definition) is 0. The molecule has 0 heterocycles. The van der Waals surface area contributed by atoms with Gasteiger partial charge in [0.25, 0.3) is 0 Å². The van der Waals surface area contributed by atoms with Crippen molar-refractivity contribution in [1.82, 2.24) is 0 Å². The minimum atomic E-state index is -0.836. The van der Waals surface area contributed by atoms with Gasteiger partial charge in [-0.15, -0.1) is 0 Å². The normalized spacial score (nSPS) is 13.0. The highest BCUT2D eigenvalue weighted by Crippen LogP contribution is 2.12. The lowest BCUT2D eigenvalue weighted by molar-refractivity contribution is -0.166. The second-order valence-electron chi connectivity index (χ2n) is 16.4. The van der Waals surface area contributed by atoms with Crippen LogP contribution in [0.5, 0.6) is 0 Å². The van der Waals surface area contributed by atoms with E-state index in [2.05, 4.69) is 118 Å². The molecule has 1 unspecified atom stereocenters. The maximum atomic E-state index is 12.7. The van der Waals surface area contributed by atoms with Gasteiger partial charge >= 0.3 is 17.9 Å². The van der Waals surface area contributed by atoms with E-state index in [0.29, 0.717) is 19.3 Å². The third kappa shape index (κ3) is 49.0. The summed E-state index contributed by atoms with van der Waals surface area (Å²) in [4.78, 5) is 37.9. The Bertz CT molecular complexity index is 1330. The van der Waals surface area contributed by atoms with Gasteiger partial charge in [-0.3, -0.25) is 14.4 Å². The van der Waals surface area contributed by atoms with Gasteiger partial charge in [-0.05, 0) is 96.3 Å². The average Bonchev–Trinajstić information content (AvgIpc) is 3.28. The van der Waals surface area contributed by atoms with Crippen LogP contribution in [0, 0.1) is 0 Å². The first-order valence-electron chi connectivity index (χ1n) is 25.4. The smallest absolute Gasteiger partial charge is 0.306 e. The fourth-order valence-electron chi connectivity index (χ4n) is 6.46. The third-order valence-electron chi connectivity index (χ3n) is 10.3. The molecule has 0 bridgehead atoms. The third-order valence-corrected chi connectivity index (χ3v) is 10.3. The van der Waals surface area contributed by atoms with Crippen LogP contribution in [0.3, 0.4) is 0 Å². The standard InChI is InChI=1S/C57H92O6/c1-4-7-10-13-16-19-22-24-26-28-29-31-32-35-38-41-44-47-50-56(59)62-53-54(52-61-55(58)49-46-43-40-37-34-21-18-15-12-9-6-3)63-57(60)51-48-45-42-39-36-33-30-27-25-23-20-17-14-11-8-5-2/h8,11,15,17-18,20-21,25-29,31,33-34,36,42,45,54H,4-7,9-10,12-14,16,19,22-24,30,32,35,37-41,43-44,46-53H2,1-3H3/b11-8-,18-15-,20-17-,27-25-,28-26-,31-29-,34-21-,36-33-,45-42-. The zero-order valence-corrected chi connectivity index (χ0v) is 40.5. The number of ether oxygens (including phenoxy) is 3. The maximum absolute atomic E-state index is 12.7. The van der Waals surface area contributed by atoms with Crippen LogP contribution in [0.25, 0.3) is 0 Å². The molecule has 0 saturated heterocycles. The first-order chi connectivity index (χ1) is 31.0. The Balaban J connectivity index is 4.54. The quantitative estimate of drug-likeness (QED) is 0.0199. The summed E-state index contributed by atoms with van der Waals surface area (Å²) in [7, 11) is 0. The minimum Gasteiger partial charge on any atom is -0.462 e. The molecule has 0 aliphatic heterocycles. The molecule has 6 heteroatoms. The van der Waals surface area contributed by atoms with E-state index in [1.54, 1.807) is 0 Å². The monoisotopic (exact) mass is 873 g/mol. The molecule has 0 N–H and O–H groups in total. The van der Waals surface area contributed by atoms with E-state index in [1.165, 1.54) is 64.2 Å². The lowest BCUT2D eigenvalue weighted by Gasteiger charge is -2.18. The van der Waals surface area contributed by atoms with Crippen LogP contribution < -0.4 is 0 Å². The van der Waals surface area contributed by atoms with Crippen LogP contribution >= 0.6 is 0 Å². The average molecular weight is 873 g/mol. The summed E-state index contributed by atoms with van der Waals surface area (Å²) in [5, 5.41) is 0. The molecule has 356 valence electrons. The highest BCUT2D eigenvalue weighted by atomic mass is 16.6. The predicted octanol–water partition coefficient (Wildman–Crippen LogP) is 16.8. The highest BCUT2D eigenvalue weighted by molar-refractivity contribution is 5.71. The minimum absolute atomic E-state index is 0.126. The summed E-state index contributed by atoms with van der Waals surface area (Å²) in [6.45, 7) is 6.35. The number of unbranched alkanes of at least 4 members (excludes halogenated alkanes) is 17. The number of esters is 3. The van der Waals surface area contributed by atoms with Crippen molar-refractivity contribution in [3.63, 3.8) is 0 Å². The summed E-state index contributed by atoms with van der Waals surface area (Å²) in [5.41, 5.74) is 0. The van der Waals surface area contributed by atoms with Crippen molar-refractivity contribution in [2.45, 2.75) is 219 Å². The van der Waals surface area contributed by atoms with E-state index in [-0.39, 0.29) is 31.6 Å². The second kappa shape index (κ2) is 50.7. The Kier molecular flexibility index (Phi) is 47.5. The van der Waals surface area contributed by atoms with E-state index in [1.807, 2.05) is 12.2 Å². The van der Waals surface area contributed by atoms with Crippen molar-refractivity contribution in [2.75, 3.05) is 13.2 Å². The Morgan fingerprint density at radius 2 is 0.714 bits per heavy atom. The largest absolute Gasteiger partial charge is 0.462 e.